The zero-order valence-electron chi connectivity index (χ0n) is 18.7. The predicted octanol–water partition coefficient (Wildman–Crippen LogP) is 4.02. The number of hydrogen-bond donors (Lipinski definition) is 1. The summed E-state index contributed by atoms with van der Waals surface area (Å²) in [5.41, 5.74) is 4.14. The Morgan fingerprint density at radius 3 is 2.55 bits per heavy atom. The third-order valence-electron chi connectivity index (χ3n) is 6.09. The van der Waals surface area contributed by atoms with Crippen LogP contribution in [0.1, 0.15) is 22.7 Å². The second-order valence-electron chi connectivity index (χ2n) is 8.06. The maximum absolute atomic E-state index is 13.0. The third kappa shape index (κ3) is 4.19. The van der Waals surface area contributed by atoms with Gasteiger partial charge in [0.15, 0.2) is 23.0 Å². The van der Waals surface area contributed by atoms with E-state index in [2.05, 4.69) is 22.3 Å². The third-order valence-corrected chi connectivity index (χ3v) is 6.09. The Kier molecular flexibility index (Phi) is 5.79. The summed E-state index contributed by atoms with van der Waals surface area (Å²) in [4.78, 5) is 15.2. The van der Waals surface area contributed by atoms with Gasteiger partial charge in [-0.1, -0.05) is 30.3 Å². The van der Waals surface area contributed by atoms with Crippen LogP contribution in [0.3, 0.4) is 0 Å². The summed E-state index contributed by atoms with van der Waals surface area (Å²) in [6.07, 6.45) is 0.816. The summed E-state index contributed by atoms with van der Waals surface area (Å²) in [6, 6.07) is 19.7. The van der Waals surface area contributed by atoms with E-state index in [1.807, 2.05) is 42.5 Å². The summed E-state index contributed by atoms with van der Waals surface area (Å²) in [5.74, 6) is 2.65. The number of amides is 1. The molecule has 1 unspecified atom stereocenters. The fraction of sp³-hybridized carbons (Fsp3) is 0.269. The number of anilines is 1. The highest BCUT2D eigenvalue weighted by molar-refractivity contribution is 5.92. The van der Waals surface area contributed by atoms with Crippen LogP contribution in [0.5, 0.6) is 23.0 Å². The minimum Gasteiger partial charge on any atom is -0.493 e. The Labute approximate surface area is 192 Å². The van der Waals surface area contributed by atoms with Crippen molar-refractivity contribution in [2.75, 3.05) is 39.4 Å². The van der Waals surface area contributed by atoms with Crippen molar-refractivity contribution in [1.82, 2.24) is 4.90 Å². The van der Waals surface area contributed by atoms with Crippen LogP contribution in [0.15, 0.2) is 60.7 Å². The van der Waals surface area contributed by atoms with E-state index in [0.717, 1.165) is 29.8 Å². The van der Waals surface area contributed by atoms with Crippen LogP contribution in [0.2, 0.25) is 0 Å². The molecule has 3 aromatic carbocycles. The maximum Gasteiger partial charge on any atom is 0.238 e. The van der Waals surface area contributed by atoms with Crippen LogP contribution >= 0.6 is 0 Å². The van der Waals surface area contributed by atoms with E-state index in [1.54, 1.807) is 20.3 Å². The van der Waals surface area contributed by atoms with Crippen LogP contribution in [-0.4, -0.2) is 44.9 Å². The van der Waals surface area contributed by atoms with Crippen molar-refractivity contribution in [3.8, 4) is 23.0 Å². The van der Waals surface area contributed by atoms with Crippen LogP contribution in [0, 0.1) is 0 Å². The fourth-order valence-corrected chi connectivity index (χ4v) is 4.55. The van der Waals surface area contributed by atoms with E-state index in [4.69, 9.17) is 18.9 Å². The van der Waals surface area contributed by atoms with Gasteiger partial charge in [0.1, 0.15) is 0 Å². The molecule has 0 aliphatic carbocycles. The minimum atomic E-state index is -0.0845. The summed E-state index contributed by atoms with van der Waals surface area (Å²) in [6.45, 7) is 1.20. The zero-order chi connectivity index (χ0) is 22.8. The Morgan fingerprint density at radius 2 is 1.76 bits per heavy atom. The van der Waals surface area contributed by atoms with Gasteiger partial charge >= 0.3 is 0 Å². The standard InChI is InChI=1S/C26H26N2O5/c1-30-22-12-18-10-11-28(15-25(29)27-19-8-9-21-24(13-19)33-16-32-21)26(17-6-4-3-5-7-17)20(18)14-23(22)31-2/h3-9,12-14,26H,10-11,15-16H2,1-2H3,(H,27,29). The Hall–Kier alpha value is -3.71. The fourth-order valence-electron chi connectivity index (χ4n) is 4.55. The first kappa shape index (κ1) is 21.2. The molecule has 0 fully saturated rings. The summed E-state index contributed by atoms with van der Waals surface area (Å²) >= 11 is 0. The van der Waals surface area contributed by atoms with E-state index >= 15 is 0 Å². The minimum absolute atomic E-state index is 0.0720. The van der Waals surface area contributed by atoms with Gasteiger partial charge in [0.2, 0.25) is 12.7 Å². The highest BCUT2D eigenvalue weighted by Crippen LogP contribution is 2.41. The number of rotatable bonds is 6. The van der Waals surface area contributed by atoms with Gasteiger partial charge in [-0.15, -0.1) is 0 Å². The van der Waals surface area contributed by atoms with Gasteiger partial charge in [0.25, 0.3) is 0 Å². The number of carbonyl (C=O) groups is 1. The second-order valence-corrected chi connectivity index (χ2v) is 8.06. The van der Waals surface area contributed by atoms with Gasteiger partial charge in [-0.25, -0.2) is 0 Å². The predicted molar refractivity (Wildman–Crippen MR) is 124 cm³/mol. The van der Waals surface area contributed by atoms with Gasteiger partial charge < -0.3 is 24.3 Å². The van der Waals surface area contributed by atoms with Crippen LogP contribution in [0.4, 0.5) is 5.69 Å². The van der Waals surface area contributed by atoms with Crippen molar-refractivity contribution in [2.24, 2.45) is 0 Å². The molecule has 33 heavy (non-hydrogen) atoms. The van der Waals surface area contributed by atoms with Crippen LogP contribution in [-0.2, 0) is 11.2 Å². The summed E-state index contributed by atoms with van der Waals surface area (Å²) in [5, 5.41) is 2.99. The molecule has 0 saturated carbocycles. The molecule has 0 spiro atoms. The van der Waals surface area contributed by atoms with Gasteiger partial charge in [-0.2, -0.15) is 0 Å². The number of fused-ring (bicyclic) bond motifs is 2. The lowest BCUT2D eigenvalue weighted by Gasteiger charge is -2.37. The van der Waals surface area contributed by atoms with Crippen molar-refractivity contribution in [3.63, 3.8) is 0 Å². The molecular formula is C26H26N2O5. The molecule has 2 aliphatic heterocycles. The number of nitrogens with one attached hydrogen (secondary N) is 1. The lowest BCUT2D eigenvalue weighted by molar-refractivity contribution is -0.117. The second kappa shape index (κ2) is 9.03. The summed E-state index contributed by atoms with van der Waals surface area (Å²) < 4.78 is 21.9. The number of ether oxygens (including phenoxy) is 4. The van der Waals surface area contributed by atoms with Gasteiger partial charge in [0.05, 0.1) is 26.8 Å². The number of hydrogen-bond acceptors (Lipinski definition) is 6. The number of carbonyl (C=O) groups excluding carboxylic acids is 1. The normalized spacial score (nSPS) is 16.7. The topological polar surface area (TPSA) is 69.3 Å². The van der Waals surface area contributed by atoms with Crippen molar-refractivity contribution >= 4 is 11.6 Å². The molecule has 1 amide bonds. The Morgan fingerprint density at radius 1 is 1.00 bits per heavy atom. The monoisotopic (exact) mass is 446 g/mol. The van der Waals surface area contributed by atoms with Crippen LogP contribution < -0.4 is 24.3 Å². The smallest absolute Gasteiger partial charge is 0.238 e. The van der Waals surface area contributed by atoms with E-state index < -0.39 is 0 Å². The number of nitrogens with zero attached hydrogens (tertiary/aromatic N) is 1. The molecule has 7 nitrogen and oxygen atoms in total. The first-order chi connectivity index (χ1) is 16.2. The van der Waals surface area contributed by atoms with Crippen molar-refractivity contribution in [1.29, 1.82) is 0 Å². The van der Waals surface area contributed by atoms with Crippen molar-refractivity contribution < 1.29 is 23.7 Å². The average molecular weight is 447 g/mol. The number of benzene rings is 3. The average Bonchev–Trinajstić information content (AvgIpc) is 3.31. The molecule has 5 rings (SSSR count). The van der Waals surface area contributed by atoms with Crippen molar-refractivity contribution in [2.45, 2.75) is 12.5 Å². The molecule has 0 bridgehead atoms. The summed E-state index contributed by atoms with van der Waals surface area (Å²) in [7, 11) is 3.29. The van der Waals surface area contributed by atoms with E-state index in [1.165, 1.54) is 5.56 Å². The Balaban J connectivity index is 1.42. The first-order valence-electron chi connectivity index (χ1n) is 10.9. The van der Waals surface area contributed by atoms with E-state index in [-0.39, 0.29) is 25.3 Å². The van der Waals surface area contributed by atoms with Crippen molar-refractivity contribution in [3.05, 3.63) is 77.4 Å². The molecular weight excluding hydrogens is 420 g/mol. The van der Waals surface area contributed by atoms with Gasteiger partial charge in [-0.3, -0.25) is 9.69 Å². The molecule has 2 aliphatic rings. The molecule has 1 atom stereocenters. The quantitative estimate of drug-likeness (QED) is 0.617. The maximum atomic E-state index is 13.0. The molecule has 2 heterocycles. The van der Waals surface area contributed by atoms with Crippen LogP contribution in [0.25, 0.3) is 0 Å². The zero-order valence-corrected chi connectivity index (χ0v) is 18.7. The molecule has 0 radical (unpaired) electrons. The molecule has 0 aromatic heterocycles. The SMILES string of the molecule is COc1cc2c(cc1OC)C(c1ccccc1)N(CC(=O)Nc1ccc3c(c1)OCO3)CC2. The van der Waals surface area contributed by atoms with Gasteiger partial charge in [0, 0.05) is 18.3 Å². The highest BCUT2D eigenvalue weighted by atomic mass is 16.7. The highest BCUT2D eigenvalue weighted by Gasteiger charge is 2.31. The first-order valence-corrected chi connectivity index (χ1v) is 10.9. The molecule has 1 N–H and O–H groups in total. The van der Waals surface area contributed by atoms with E-state index in [0.29, 0.717) is 22.9 Å². The lowest BCUT2D eigenvalue weighted by Crippen LogP contribution is -2.41. The van der Waals surface area contributed by atoms with Gasteiger partial charge in [-0.05, 0) is 47.4 Å². The lowest BCUT2D eigenvalue weighted by atomic mass is 9.87. The molecule has 7 heteroatoms. The molecule has 3 aromatic rings. The Bertz CT molecular complexity index is 1160. The number of methoxy groups -OCH3 is 2. The largest absolute Gasteiger partial charge is 0.493 e. The molecule has 170 valence electrons. The van der Waals surface area contributed by atoms with E-state index in [9.17, 15) is 4.79 Å². The molecule has 0 saturated heterocycles.